The molecule has 2 bridgehead atoms. The Bertz CT molecular complexity index is 1850. The maximum atomic E-state index is 16.6. The molecule has 4 saturated heterocycles. The van der Waals surface area contributed by atoms with E-state index >= 15 is 8.78 Å². The second-order valence-electron chi connectivity index (χ2n) is 12.1. The van der Waals surface area contributed by atoms with Crippen molar-refractivity contribution in [2.75, 3.05) is 37.6 Å². The molecule has 8 nitrogen and oxygen atoms in total. The van der Waals surface area contributed by atoms with Crippen LogP contribution < -0.4 is 15.0 Å². The van der Waals surface area contributed by atoms with E-state index in [-0.39, 0.29) is 63.7 Å². The Hall–Kier alpha value is -3.77. The van der Waals surface area contributed by atoms with E-state index in [0.29, 0.717) is 38.3 Å². The lowest BCUT2D eigenvalue weighted by molar-refractivity contribution is 0.107. The first kappa shape index (κ1) is 24.6. The van der Waals surface area contributed by atoms with Gasteiger partial charge in [0.25, 0.3) is 0 Å². The van der Waals surface area contributed by atoms with E-state index in [2.05, 4.69) is 20.3 Å². The summed E-state index contributed by atoms with van der Waals surface area (Å²) in [4.78, 5) is 17.0. The summed E-state index contributed by atoms with van der Waals surface area (Å²) in [6.45, 7) is -0.654. The molecule has 12 heteroatoms. The second-order valence-corrected chi connectivity index (χ2v) is 12.1. The van der Waals surface area contributed by atoms with Crippen LogP contribution >= 0.6 is 0 Å². The van der Waals surface area contributed by atoms with Crippen molar-refractivity contribution in [2.45, 2.75) is 55.9 Å². The first-order valence-corrected chi connectivity index (χ1v) is 14.6. The lowest BCUT2D eigenvalue weighted by Crippen LogP contribution is -2.51. The van der Waals surface area contributed by atoms with Crippen molar-refractivity contribution in [3.05, 3.63) is 47.9 Å². The van der Waals surface area contributed by atoms with Crippen molar-refractivity contribution in [1.29, 1.82) is 0 Å². The molecule has 0 spiro atoms. The number of hydrogen-bond donors (Lipinski definition) is 2. The lowest BCUT2D eigenvalue weighted by Gasteiger charge is -2.34. The van der Waals surface area contributed by atoms with E-state index in [1.165, 1.54) is 18.3 Å². The Morgan fingerprint density at radius 1 is 1.09 bits per heavy atom. The highest BCUT2D eigenvalue weighted by Crippen LogP contribution is 2.42. The average molecular weight is 597 g/mol. The van der Waals surface area contributed by atoms with Gasteiger partial charge < -0.3 is 20.1 Å². The number of alkyl halides is 1. The van der Waals surface area contributed by atoms with Crippen LogP contribution in [0.3, 0.4) is 0 Å². The Morgan fingerprint density at radius 3 is 2.72 bits per heavy atom. The number of anilines is 1. The SMILES string of the molecule is [2H]C([2H])(Oc1nc(N2C[C@H]3CC[C@@H](C2)N3)c2cnc(-c3cc(O)cc4ccc(F)c(F)c34)c(F)c2n1)[C@@]12CCCN1C[C@H](F)C2. The molecule has 4 aliphatic heterocycles. The molecular weight excluding hydrogens is 564 g/mol. The highest BCUT2D eigenvalue weighted by molar-refractivity contribution is 6.00. The number of aromatic hydroxyl groups is 1. The molecule has 43 heavy (non-hydrogen) atoms. The van der Waals surface area contributed by atoms with Crippen molar-refractivity contribution in [1.82, 2.24) is 25.2 Å². The van der Waals surface area contributed by atoms with E-state index in [0.717, 1.165) is 25.0 Å². The van der Waals surface area contributed by atoms with Gasteiger partial charge in [0.2, 0.25) is 0 Å². The van der Waals surface area contributed by atoms with Crippen molar-refractivity contribution >= 4 is 27.5 Å². The molecule has 0 saturated carbocycles. The van der Waals surface area contributed by atoms with Crippen LogP contribution in [0.25, 0.3) is 32.9 Å². The van der Waals surface area contributed by atoms with Crippen molar-refractivity contribution < 1.29 is 30.1 Å². The third-order valence-electron chi connectivity index (χ3n) is 9.34. The van der Waals surface area contributed by atoms with Gasteiger partial charge in [-0.3, -0.25) is 9.88 Å². The number of halogens is 4. The van der Waals surface area contributed by atoms with Crippen molar-refractivity contribution in [2.24, 2.45) is 0 Å². The number of phenolic OH excluding ortho intramolecular Hbond substituents is 1. The fraction of sp³-hybridized carbons (Fsp3) is 0.452. The molecule has 4 fully saturated rings. The fourth-order valence-electron chi connectivity index (χ4n) is 7.43. The molecule has 0 aliphatic carbocycles. The molecule has 4 aliphatic rings. The predicted molar refractivity (Wildman–Crippen MR) is 153 cm³/mol. The summed E-state index contributed by atoms with van der Waals surface area (Å²) < 4.78 is 84.5. The van der Waals surface area contributed by atoms with Crippen LogP contribution in [-0.2, 0) is 0 Å². The van der Waals surface area contributed by atoms with E-state index in [4.69, 9.17) is 7.48 Å². The number of nitrogens with zero attached hydrogens (tertiary/aromatic N) is 5. The number of benzene rings is 2. The van der Waals surface area contributed by atoms with Gasteiger partial charge in [-0.05, 0) is 55.8 Å². The molecule has 2 aromatic carbocycles. The zero-order chi connectivity index (χ0) is 31.2. The van der Waals surface area contributed by atoms with Crippen LogP contribution in [0.2, 0.25) is 0 Å². The largest absolute Gasteiger partial charge is 0.508 e. The van der Waals surface area contributed by atoms with Gasteiger partial charge >= 0.3 is 6.01 Å². The molecule has 4 aromatic rings. The van der Waals surface area contributed by atoms with E-state index < -0.39 is 41.7 Å². The number of piperazine rings is 1. The minimum absolute atomic E-state index is 0.0449. The minimum atomic E-state index is -2.41. The van der Waals surface area contributed by atoms with E-state index in [9.17, 15) is 13.9 Å². The van der Waals surface area contributed by atoms with Crippen LogP contribution in [-0.4, -0.2) is 81.5 Å². The first-order valence-electron chi connectivity index (χ1n) is 15.6. The Labute approximate surface area is 247 Å². The van der Waals surface area contributed by atoms with Gasteiger partial charge in [0, 0.05) is 55.3 Å². The summed E-state index contributed by atoms with van der Waals surface area (Å²) in [7, 11) is 0. The van der Waals surface area contributed by atoms with Gasteiger partial charge in [0.1, 0.15) is 35.5 Å². The molecule has 6 heterocycles. The van der Waals surface area contributed by atoms with Gasteiger partial charge in [0.05, 0.1) is 13.7 Å². The molecule has 0 unspecified atom stereocenters. The summed E-state index contributed by atoms with van der Waals surface area (Å²) in [6.07, 6.45) is 3.09. The van der Waals surface area contributed by atoms with Gasteiger partial charge in [-0.15, -0.1) is 0 Å². The zero-order valence-corrected chi connectivity index (χ0v) is 23.1. The smallest absolute Gasteiger partial charge is 0.319 e. The highest BCUT2D eigenvalue weighted by atomic mass is 19.2. The molecule has 224 valence electrons. The topological polar surface area (TPSA) is 86.6 Å². The zero-order valence-electron chi connectivity index (χ0n) is 25.1. The first-order chi connectivity index (χ1) is 21.5. The fourth-order valence-corrected chi connectivity index (χ4v) is 7.43. The normalized spacial score (nSPS) is 28.0. The monoisotopic (exact) mass is 596 g/mol. The second kappa shape index (κ2) is 9.88. The van der Waals surface area contributed by atoms with Gasteiger partial charge in [-0.2, -0.15) is 9.97 Å². The number of ether oxygens (including phenoxy) is 1. The third-order valence-corrected chi connectivity index (χ3v) is 9.34. The Morgan fingerprint density at radius 2 is 1.91 bits per heavy atom. The average Bonchev–Trinajstić information content (AvgIpc) is 3.66. The molecule has 2 N–H and O–H groups in total. The van der Waals surface area contributed by atoms with Crippen LogP contribution in [0, 0.1) is 17.5 Å². The predicted octanol–water partition coefficient (Wildman–Crippen LogP) is 4.86. The highest BCUT2D eigenvalue weighted by Gasteiger charge is 2.49. The summed E-state index contributed by atoms with van der Waals surface area (Å²) in [6, 6.07) is 4.49. The summed E-state index contributed by atoms with van der Waals surface area (Å²) in [5.41, 5.74) is -2.04. The maximum Gasteiger partial charge on any atom is 0.319 e. The summed E-state index contributed by atoms with van der Waals surface area (Å²) in [5, 5.41) is 14.0. The Kier molecular flexibility index (Phi) is 5.66. The number of rotatable bonds is 5. The summed E-state index contributed by atoms with van der Waals surface area (Å²) in [5.74, 6) is -3.36. The number of fused-ring (bicyclic) bond motifs is 5. The third kappa shape index (κ3) is 4.36. The summed E-state index contributed by atoms with van der Waals surface area (Å²) >= 11 is 0. The molecule has 4 atom stereocenters. The van der Waals surface area contributed by atoms with Gasteiger partial charge in [-0.25, -0.2) is 17.6 Å². The van der Waals surface area contributed by atoms with Gasteiger partial charge in [0.15, 0.2) is 17.5 Å². The maximum absolute atomic E-state index is 16.6. The van der Waals surface area contributed by atoms with Crippen molar-refractivity contribution in [3.8, 4) is 23.0 Å². The van der Waals surface area contributed by atoms with Gasteiger partial charge in [-0.1, -0.05) is 6.07 Å². The Balaban J connectivity index is 1.30. The van der Waals surface area contributed by atoms with Crippen LogP contribution in [0.4, 0.5) is 23.4 Å². The molecule has 0 radical (unpaired) electrons. The van der Waals surface area contributed by atoms with E-state index in [1.54, 1.807) is 4.90 Å². The van der Waals surface area contributed by atoms with Crippen molar-refractivity contribution in [3.63, 3.8) is 0 Å². The molecule has 8 rings (SSSR count). The number of pyridine rings is 1. The number of phenols is 1. The molecular formula is C31H30F4N6O2. The number of hydrogen-bond acceptors (Lipinski definition) is 8. The van der Waals surface area contributed by atoms with Crippen LogP contribution in [0.5, 0.6) is 11.8 Å². The molecule has 0 amide bonds. The molecule has 2 aromatic heterocycles. The van der Waals surface area contributed by atoms with Crippen LogP contribution in [0.15, 0.2) is 30.5 Å². The quantitative estimate of drug-likeness (QED) is 0.316. The lowest BCUT2D eigenvalue weighted by atomic mass is 9.95. The number of nitrogens with one attached hydrogen (secondary N) is 1. The standard InChI is InChI=1S/C31H30F4N6O2/c32-17-10-31(6-1-7-41(31)12-17)15-43-30-38-28-22(29(39-30)40-13-18-3-4-19(14-40)37-18)11-36-27(26(28)35)21-9-20(42)8-16-2-5-23(33)25(34)24(16)21/h2,5,8-9,11,17-19,37,42H,1,3-4,6-7,10,12-15H2/t17-,18-,19+,31+/m1/s1/i15D2. The number of aromatic nitrogens is 3. The van der Waals surface area contributed by atoms with Crippen LogP contribution in [0.1, 0.15) is 34.8 Å². The minimum Gasteiger partial charge on any atom is -0.508 e. The van der Waals surface area contributed by atoms with E-state index in [1.807, 2.05) is 4.90 Å².